The molecule has 4 nitrogen and oxygen atoms in total. The lowest BCUT2D eigenvalue weighted by atomic mass is 9.92. The Morgan fingerprint density at radius 2 is 1.87 bits per heavy atom. The second-order valence-corrected chi connectivity index (χ2v) is 7.94. The summed E-state index contributed by atoms with van der Waals surface area (Å²) in [4.78, 5) is 8.01. The lowest BCUT2D eigenvalue weighted by Crippen LogP contribution is -2.28. The van der Waals surface area contributed by atoms with Crippen LogP contribution >= 0.6 is 11.8 Å². The lowest BCUT2D eigenvalue weighted by Gasteiger charge is -2.24. The van der Waals surface area contributed by atoms with Crippen LogP contribution in [0.25, 0.3) is 0 Å². The Bertz CT molecular complexity index is 797. The fourth-order valence-electron chi connectivity index (χ4n) is 2.39. The van der Waals surface area contributed by atoms with Crippen molar-refractivity contribution in [3.8, 4) is 0 Å². The molecule has 122 valence electrons. The molecular formula is C14H11F3N2O2S2. The van der Waals surface area contributed by atoms with Crippen molar-refractivity contribution in [3.05, 3.63) is 42.0 Å². The van der Waals surface area contributed by atoms with Gasteiger partial charge in [0, 0.05) is 18.5 Å². The molecule has 0 spiro atoms. The average Bonchev–Trinajstić information content (AvgIpc) is 3.18. The van der Waals surface area contributed by atoms with Crippen molar-refractivity contribution in [2.75, 3.05) is 12.3 Å². The highest BCUT2D eigenvalue weighted by Gasteiger charge is 2.47. The third-order valence-corrected chi connectivity index (χ3v) is 6.13. The SMILES string of the molecule is O=S(=O)(c1ccc(C2(C3=NCCS3)C=CC=N2)cc1)C(F)(F)F. The predicted molar refractivity (Wildman–Crippen MR) is 83.8 cm³/mol. The van der Waals surface area contributed by atoms with E-state index in [9.17, 15) is 21.6 Å². The number of hydrogen-bond acceptors (Lipinski definition) is 5. The van der Waals surface area contributed by atoms with Crippen molar-refractivity contribution in [3.63, 3.8) is 0 Å². The van der Waals surface area contributed by atoms with Gasteiger partial charge in [-0.25, -0.2) is 8.42 Å². The number of thioether (sulfide) groups is 1. The monoisotopic (exact) mass is 360 g/mol. The number of aliphatic imine (C=N–C) groups is 2. The molecule has 0 amide bonds. The average molecular weight is 360 g/mol. The molecule has 0 aliphatic carbocycles. The van der Waals surface area contributed by atoms with E-state index in [0.717, 1.165) is 22.9 Å². The molecule has 1 unspecified atom stereocenters. The van der Waals surface area contributed by atoms with E-state index in [1.54, 1.807) is 18.4 Å². The van der Waals surface area contributed by atoms with E-state index in [2.05, 4.69) is 9.98 Å². The van der Waals surface area contributed by atoms with Gasteiger partial charge in [0.15, 0.2) is 5.54 Å². The van der Waals surface area contributed by atoms with Crippen LogP contribution < -0.4 is 0 Å². The van der Waals surface area contributed by atoms with Gasteiger partial charge in [-0.2, -0.15) is 13.2 Å². The van der Waals surface area contributed by atoms with Gasteiger partial charge in [-0.05, 0) is 29.8 Å². The van der Waals surface area contributed by atoms with Crippen LogP contribution in [-0.2, 0) is 15.4 Å². The molecule has 3 rings (SSSR count). The van der Waals surface area contributed by atoms with E-state index in [-0.39, 0.29) is 0 Å². The maximum Gasteiger partial charge on any atom is 0.501 e. The zero-order valence-corrected chi connectivity index (χ0v) is 13.2. The molecule has 0 aromatic heterocycles. The maximum atomic E-state index is 12.6. The third kappa shape index (κ3) is 2.61. The fourth-order valence-corrected chi connectivity index (χ4v) is 4.17. The van der Waals surface area contributed by atoms with Crippen LogP contribution in [0.15, 0.2) is 51.3 Å². The van der Waals surface area contributed by atoms with Crippen LogP contribution in [-0.4, -0.2) is 37.5 Å². The van der Waals surface area contributed by atoms with Crippen LogP contribution in [0.5, 0.6) is 0 Å². The molecule has 0 bridgehead atoms. The van der Waals surface area contributed by atoms with Gasteiger partial charge >= 0.3 is 5.51 Å². The van der Waals surface area contributed by atoms with Crippen molar-refractivity contribution in [2.24, 2.45) is 9.98 Å². The van der Waals surface area contributed by atoms with Crippen LogP contribution in [0, 0.1) is 0 Å². The van der Waals surface area contributed by atoms with Gasteiger partial charge in [0.25, 0.3) is 9.84 Å². The molecule has 1 atom stereocenters. The predicted octanol–water partition coefficient (Wildman–Crippen LogP) is 2.96. The highest BCUT2D eigenvalue weighted by molar-refractivity contribution is 8.14. The summed E-state index contributed by atoms with van der Waals surface area (Å²) in [6.45, 7) is 0.658. The fraction of sp³-hybridized carbons (Fsp3) is 0.286. The Labute approximate surface area is 135 Å². The summed E-state index contributed by atoms with van der Waals surface area (Å²) in [6, 6.07) is 4.63. The molecule has 2 aliphatic rings. The Kier molecular flexibility index (Phi) is 3.88. The largest absolute Gasteiger partial charge is 0.501 e. The van der Waals surface area contributed by atoms with Gasteiger partial charge in [-0.1, -0.05) is 12.1 Å². The van der Waals surface area contributed by atoms with E-state index < -0.39 is 25.8 Å². The first kappa shape index (κ1) is 16.3. The minimum Gasteiger partial charge on any atom is -0.279 e. The summed E-state index contributed by atoms with van der Waals surface area (Å²) in [5.74, 6) is 0.820. The number of nitrogens with zero attached hydrogens (tertiary/aromatic N) is 2. The normalized spacial score (nSPS) is 24.2. The second kappa shape index (κ2) is 5.48. The van der Waals surface area contributed by atoms with E-state index >= 15 is 0 Å². The van der Waals surface area contributed by atoms with Gasteiger partial charge in [-0.15, -0.1) is 11.8 Å². The maximum absolute atomic E-state index is 12.6. The molecule has 0 fully saturated rings. The van der Waals surface area contributed by atoms with Crippen molar-refractivity contribution in [2.45, 2.75) is 15.9 Å². The molecule has 1 aromatic carbocycles. The summed E-state index contributed by atoms with van der Waals surface area (Å²) >= 11 is 1.53. The van der Waals surface area contributed by atoms with E-state index in [4.69, 9.17) is 0 Å². The van der Waals surface area contributed by atoms with Crippen LogP contribution in [0.1, 0.15) is 5.56 Å². The molecule has 0 N–H and O–H groups in total. The zero-order chi connectivity index (χ0) is 16.7. The van der Waals surface area contributed by atoms with Crippen molar-refractivity contribution in [1.29, 1.82) is 0 Å². The number of benzene rings is 1. The molecule has 1 aromatic rings. The highest BCUT2D eigenvalue weighted by atomic mass is 32.2. The summed E-state index contributed by atoms with van der Waals surface area (Å²) in [5, 5.41) is 0.758. The number of alkyl halides is 3. The molecule has 23 heavy (non-hydrogen) atoms. The number of allylic oxidation sites excluding steroid dienone is 1. The smallest absolute Gasteiger partial charge is 0.279 e. The number of hydrogen-bond donors (Lipinski definition) is 0. The molecule has 2 heterocycles. The van der Waals surface area contributed by atoms with Crippen LogP contribution in [0.4, 0.5) is 13.2 Å². The Morgan fingerprint density at radius 3 is 2.35 bits per heavy atom. The third-order valence-electron chi connectivity index (χ3n) is 3.52. The number of halogens is 3. The first-order valence-electron chi connectivity index (χ1n) is 6.60. The second-order valence-electron chi connectivity index (χ2n) is 4.91. The van der Waals surface area contributed by atoms with Gasteiger partial charge in [0.2, 0.25) is 0 Å². The highest BCUT2D eigenvalue weighted by Crippen LogP contribution is 2.39. The van der Waals surface area contributed by atoms with Crippen molar-refractivity contribution < 1.29 is 21.6 Å². The van der Waals surface area contributed by atoms with Crippen LogP contribution in [0.3, 0.4) is 0 Å². The molecule has 2 aliphatic heterocycles. The van der Waals surface area contributed by atoms with E-state index in [0.29, 0.717) is 12.1 Å². The summed E-state index contributed by atoms with van der Waals surface area (Å²) < 4.78 is 60.6. The minimum absolute atomic E-state index is 0.580. The van der Waals surface area contributed by atoms with Gasteiger partial charge < -0.3 is 0 Å². The summed E-state index contributed by atoms with van der Waals surface area (Å²) in [5.41, 5.74) is -5.60. The standard InChI is InChI=1S/C14H11F3N2O2S2/c15-14(16,17)23(20,21)11-4-2-10(3-5-11)13(6-1-7-19-13)12-18-8-9-22-12/h1-7H,8-9H2. The quantitative estimate of drug-likeness (QED) is 0.833. The molecular weight excluding hydrogens is 349 g/mol. The summed E-state index contributed by atoms with van der Waals surface area (Å²) in [7, 11) is -5.35. The van der Waals surface area contributed by atoms with Gasteiger partial charge in [0.05, 0.1) is 4.90 Å². The van der Waals surface area contributed by atoms with Gasteiger partial charge in [-0.3, -0.25) is 9.98 Å². The van der Waals surface area contributed by atoms with Crippen LogP contribution in [0.2, 0.25) is 0 Å². The van der Waals surface area contributed by atoms with Crippen molar-refractivity contribution >= 4 is 32.9 Å². The first-order chi connectivity index (χ1) is 10.8. The number of rotatable bonds is 3. The zero-order valence-electron chi connectivity index (χ0n) is 11.6. The van der Waals surface area contributed by atoms with E-state index in [1.807, 2.05) is 0 Å². The molecule has 0 saturated carbocycles. The topological polar surface area (TPSA) is 58.9 Å². The van der Waals surface area contributed by atoms with Crippen molar-refractivity contribution in [1.82, 2.24) is 0 Å². The van der Waals surface area contributed by atoms with Gasteiger partial charge in [0.1, 0.15) is 5.04 Å². The van der Waals surface area contributed by atoms with E-state index in [1.165, 1.54) is 23.9 Å². The summed E-state index contributed by atoms with van der Waals surface area (Å²) in [6.07, 6.45) is 5.14. The Morgan fingerprint density at radius 1 is 1.17 bits per heavy atom. The molecule has 0 radical (unpaired) electrons. The first-order valence-corrected chi connectivity index (χ1v) is 9.07. The Balaban J connectivity index is 2.02. The minimum atomic E-state index is -5.35. The Hall–Kier alpha value is -1.61. The number of sulfone groups is 1. The molecule has 9 heteroatoms. The lowest BCUT2D eigenvalue weighted by molar-refractivity contribution is -0.0436. The molecule has 0 saturated heterocycles.